The molecule has 138 valence electrons. The number of primary amides is 1. The molecule has 6 nitrogen and oxygen atoms in total. The first kappa shape index (κ1) is 18.7. The van der Waals surface area contributed by atoms with Crippen molar-refractivity contribution in [1.82, 2.24) is 9.55 Å². The lowest BCUT2D eigenvalue weighted by Crippen LogP contribution is -2.15. The molecule has 0 spiro atoms. The number of pyridine rings is 1. The van der Waals surface area contributed by atoms with E-state index in [-0.39, 0.29) is 12.2 Å². The van der Waals surface area contributed by atoms with Crippen molar-refractivity contribution in [2.45, 2.75) is 20.3 Å². The number of anilines is 1. The van der Waals surface area contributed by atoms with Gasteiger partial charge in [0.1, 0.15) is 11.5 Å². The Kier molecular flexibility index (Phi) is 5.01. The highest BCUT2D eigenvalue weighted by Gasteiger charge is 2.17. The van der Waals surface area contributed by atoms with Gasteiger partial charge in [0.2, 0.25) is 0 Å². The number of aryl methyl sites for hydroxylation is 1. The fourth-order valence-corrected chi connectivity index (χ4v) is 3.23. The van der Waals surface area contributed by atoms with Crippen LogP contribution in [-0.2, 0) is 11.2 Å². The standard InChI is InChI=1S/C20H19ClN4O2/c1-11-9-24-15(5-12(2)26)8-16(11)13-6-19(20(23)27)25(10-13)18-4-3-14(22)7-17(18)21/h3-4,6-10H,5,22H2,1-2H3,(H2,23,27). The third-order valence-electron chi connectivity index (χ3n) is 4.20. The van der Waals surface area contributed by atoms with Gasteiger partial charge in [-0.25, -0.2) is 0 Å². The number of halogens is 1. The molecule has 1 aromatic carbocycles. The van der Waals surface area contributed by atoms with E-state index in [1.54, 1.807) is 41.2 Å². The van der Waals surface area contributed by atoms with E-state index >= 15 is 0 Å². The predicted octanol–water partition coefficient (Wildman–Crippen LogP) is 3.31. The van der Waals surface area contributed by atoms with Crippen LogP contribution < -0.4 is 11.5 Å². The van der Waals surface area contributed by atoms with Gasteiger partial charge in [0, 0.05) is 35.8 Å². The average Bonchev–Trinajstić information content (AvgIpc) is 3.01. The van der Waals surface area contributed by atoms with Gasteiger partial charge in [-0.15, -0.1) is 0 Å². The molecule has 0 saturated heterocycles. The van der Waals surface area contributed by atoms with Gasteiger partial charge in [0.25, 0.3) is 5.91 Å². The zero-order valence-corrected chi connectivity index (χ0v) is 15.7. The summed E-state index contributed by atoms with van der Waals surface area (Å²) in [5.74, 6) is -0.550. The fraction of sp³-hybridized carbons (Fsp3) is 0.150. The van der Waals surface area contributed by atoms with Gasteiger partial charge in [-0.3, -0.25) is 14.6 Å². The Morgan fingerprint density at radius 3 is 2.59 bits per heavy atom. The number of nitrogens with two attached hydrogens (primary N) is 2. The molecule has 0 radical (unpaired) electrons. The number of hydrogen-bond acceptors (Lipinski definition) is 4. The number of ketones is 1. The highest BCUT2D eigenvalue weighted by atomic mass is 35.5. The number of carbonyl (C=O) groups excluding carboxylic acids is 2. The van der Waals surface area contributed by atoms with Crippen LogP contribution in [0.25, 0.3) is 16.8 Å². The SMILES string of the molecule is CC(=O)Cc1cc(-c2cc(C(N)=O)n(-c3ccc(N)cc3Cl)c2)c(C)cn1. The molecule has 0 aliphatic heterocycles. The molecule has 3 aromatic rings. The molecule has 0 aliphatic carbocycles. The van der Waals surface area contributed by atoms with Crippen molar-refractivity contribution in [2.75, 3.05) is 5.73 Å². The van der Waals surface area contributed by atoms with Crippen LogP contribution >= 0.6 is 11.6 Å². The fourth-order valence-electron chi connectivity index (χ4n) is 2.95. The normalized spacial score (nSPS) is 10.8. The number of nitrogen functional groups attached to an aromatic ring is 1. The second-order valence-electron chi connectivity index (χ2n) is 6.43. The van der Waals surface area contributed by atoms with E-state index in [1.807, 2.05) is 13.0 Å². The van der Waals surface area contributed by atoms with Gasteiger partial charge in [-0.1, -0.05) is 11.6 Å². The maximum atomic E-state index is 12.0. The minimum Gasteiger partial charge on any atom is -0.399 e. The number of aromatic nitrogens is 2. The molecule has 2 aromatic heterocycles. The molecule has 3 rings (SSSR count). The largest absolute Gasteiger partial charge is 0.399 e. The van der Waals surface area contributed by atoms with Crippen molar-refractivity contribution in [3.8, 4) is 16.8 Å². The highest BCUT2D eigenvalue weighted by Crippen LogP contribution is 2.31. The Bertz CT molecular complexity index is 1060. The van der Waals surface area contributed by atoms with E-state index in [4.69, 9.17) is 23.1 Å². The third kappa shape index (κ3) is 3.85. The Hall–Kier alpha value is -3.12. The first-order chi connectivity index (χ1) is 12.8. The molecule has 0 aliphatic rings. The lowest BCUT2D eigenvalue weighted by Gasteiger charge is -2.09. The van der Waals surface area contributed by atoms with Gasteiger partial charge in [0.05, 0.1) is 10.7 Å². The average molecular weight is 383 g/mol. The lowest BCUT2D eigenvalue weighted by molar-refractivity contribution is -0.116. The summed E-state index contributed by atoms with van der Waals surface area (Å²) in [5.41, 5.74) is 16.0. The van der Waals surface area contributed by atoms with E-state index in [0.29, 0.717) is 27.8 Å². The first-order valence-corrected chi connectivity index (χ1v) is 8.67. The van der Waals surface area contributed by atoms with Gasteiger partial charge >= 0.3 is 0 Å². The number of hydrogen-bond donors (Lipinski definition) is 2. The molecule has 4 N–H and O–H groups in total. The van der Waals surface area contributed by atoms with Crippen LogP contribution in [0.5, 0.6) is 0 Å². The smallest absolute Gasteiger partial charge is 0.265 e. The van der Waals surface area contributed by atoms with Crippen LogP contribution in [-0.4, -0.2) is 21.2 Å². The van der Waals surface area contributed by atoms with Crippen molar-refractivity contribution >= 4 is 29.0 Å². The van der Waals surface area contributed by atoms with Crippen LogP contribution in [0, 0.1) is 6.92 Å². The summed E-state index contributed by atoms with van der Waals surface area (Å²) in [7, 11) is 0. The molecule has 2 heterocycles. The second-order valence-corrected chi connectivity index (χ2v) is 6.84. The maximum absolute atomic E-state index is 12.0. The van der Waals surface area contributed by atoms with Crippen LogP contribution in [0.2, 0.25) is 5.02 Å². The number of nitrogens with zero attached hydrogens (tertiary/aromatic N) is 2. The predicted molar refractivity (Wildman–Crippen MR) is 106 cm³/mol. The topological polar surface area (TPSA) is 104 Å². The van der Waals surface area contributed by atoms with Crippen molar-refractivity contribution in [3.05, 3.63) is 64.7 Å². The number of rotatable bonds is 5. The molecule has 27 heavy (non-hydrogen) atoms. The molecule has 1 amide bonds. The van der Waals surface area contributed by atoms with Crippen molar-refractivity contribution < 1.29 is 9.59 Å². The Labute approximate surface area is 161 Å². The molecule has 0 saturated carbocycles. The van der Waals surface area contributed by atoms with Crippen LogP contribution in [0.4, 0.5) is 5.69 Å². The van der Waals surface area contributed by atoms with Gasteiger partial charge < -0.3 is 16.0 Å². The summed E-state index contributed by atoms with van der Waals surface area (Å²) in [6, 6.07) is 8.60. The van der Waals surface area contributed by atoms with Crippen molar-refractivity contribution in [3.63, 3.8) is 0 Å². The number of carbonyl (C=O) groups is 2. The zero-order valence-electron chi connectivity index (χ0n) is 15.0. The van der Waals surface area contributed by atoms with E-state index in [0.717, 1.165) is 16.7 Å². The lowest BCUT2D eigenvalue weighted by atomic mass is 10.0. The van der Waals surface area contributed by atoms with Crippen molar-refractivity contribution in [1.29, 1.82) is 0 Å². The van der Waals surface area contributed by atoms with E-state index < -0.39 is 5.91 Å². The summed E-state index contributed by atoms with van der Waals surface area (Å²) in [4.78, 5) is 27.7. The minimum absolute atomic E-state index is 0.0290. The Morgan fingerprint density at radius 1 is 1.22 bits per heavy atom. The number of Topliss-reactive ketones (excluding diaryl/α,β-unsaturated/α-hetero) is 1. The molecule has 0 bridgehead atoms. The maximum Gasteiger partial charge on any atom is 0.265 e. The quantitative estimate of drug-likeness (QED) is 0.660. The summed E-state index contributed by atoms with van der Waals surface area (Å²) >= 11 is 6.31. The van der Waals surface area contributed by atoms with E-state index in [2.05, 4.69) is 4.98 Å². The minimum atomic E-state index is -0.579. The summed E-state index contributed by atoms with van der Waals surface area (Å²) in [6.07, 6.45) is 3.75. The molecular formula is C20H19ClN4O2. The van der Waals surface area contributed by atoms with Crippen LogP contribution in [0.3, 0.4) is 0 Å². The Balaban J connectivity index is 2.16. The van der Waals surface area contributed by atoms with Crippen LogP contribution in [0.1, 0.15) is 28.7 Å². The molecule has 0 unspecified atom stereocenters. The van der Waals surface area contributed by atoms with Gasteiger partial charge in [0.15, 0.2) is 0 Å². The molecular weight excluding hydrogens is 364 g/mol. The van der Waals surface area contributed by atoms with Gasteiger partial charge in [-0.05, 0) is 55.3 Å². The third-order valence-corrected chi connectivity index (χ3v) is 4.51. The number of benzene rings is 1. The molecule has 0 atom stereocenters. The van der Waals surface area contributed by atoms with Gasteiger partial charge in [-0.2, -0.15) is 0 Å². The monoisotopic (exact) mass is 382 g/mol. The Morgan fingerprint density at radius 2 is 1.96 bits per heavy atom. The van der Waals surface area contributed by atoms with E-state index in [9.17, 15) is 9.59 Å². The first-order valence-electron chi connectivity index (χ1n) is 8.29. The molecule has 0 fully saturated rings. The second kappa shape index (κ2) is 7.25. The zero-order chi connectivity index (χ0) is 19.7. The van der Waals surface area contributed by atoms with E-state index in [1.165, 1.54) is 6.92 Å². The molecule has 7 heteroatoms. The summed E-state index contributed by atoms with van der Waals surface area (Å²) in [6.45, 7) is 3.43. The van der Waals surface area contributed by atoms with Crippen LogP contribution in [0.15, 0.2) is 42.7 Å². The number of amides is 1. The summed E-state index contributed by atoms with van der Waals surface area (Å²) < 4.78 is 1.64. The summed E-state index contributed by atoms with van der Waals surface area (Å²) in [5, 5.41) is 0.406. The van der Waals surface area contributed by atoms with Crippen molar-refractivity contribution in [2.24, 2.45) is 5.73 Å². The highest BCUT2D eigenvalue weighted by molar-refractivity contribution is 6.32.